The van der Waals surface area contributed by atoms with E-state index in [2.05, 4.69) is 44.1 Å². The largest absolute Gasteiger partial charge is 0.301 e. The topological polar surface area (TPSA) is 39.1 Å². The van der Waals surface area contributed by atoms with Crippen LogP contribution >= 0.6 is 0 Å². The van der Waals surface area contributed by atoms with Gasteiger partial charge in [-0.3, -0.25) is 5.32 Å². The monoisotopic (exact) mass is 279 g/mol. The Hall–Kier alpha value is -0.590. The fourth-order valence-electron chi connectivity index (χ4n) is 3.53. The van der Waals surface area contributed by atoms with Crippen LogP contribution in [0.2, 0.25) is 0 Å². The molecule has 1 aliphatic carbocycles. The number of nitrogens with one attached hydrogen (secondary N) is 1. The van der Waals surface area contributed by atoms with E-state index in [1.807, 2.05) is 6.92 Å². The first-order chi connectivity index (χ1) is 9.38. The second kappa shape index (κ2) is 8.00. The van der Waals surface area contributed by atoms with Crippen molar-refractivity contribution in [1.82, 2.24) is 10.2 Å². The van der Waals surface area contributed by atoms with E-state index in [-0.39, 0.29) is 0 Å². The molecule has 3 heteroatoms. The SMILES string of the molecule is CC(C)NC(C)(C#N)CC(C)N(C)C1CCCCCC1. The van der Waals surface area contributed by atoms with Crippen LogP contribution in [0.15, 0.2) is 0 Å². The zero-order valence-corrected chi connectivity index (χ0v) is 14.1. The summed E-state index contributed by atoms with van der Waals surface area (Å²) in [5.74, 6) is 0. The Labute approximate surface area is 125 Å². The van der Waals surface area contributed by atoms with Gasteiger partial charge in [-0.2, -0.15) is 5.26 Å². The predicted octanol–water partition coefficient (Wildman–Crippen LogP) is 3.70. The smallest absolute Gasteiger partial charge is 0.105 e. The molecule has 1 aliphatic rings. The van der Waals surface area contributed by atoms with Crippen molar-refractivity contribution < 1.29 is 0 Å². The van der Waals surface area contributed by atoms with Crippen molar-refractivity contribution in [2.75, 3.05) is 7.05 Å². The summed E-state index contributed by atoms with van der Waals surface area (Å²) in [4.78, 5) is 2.52. The second-order valence-corrected chi connectivity index (χ2v) is 7.11. The Kier molecular flexibility index (Phi) is 6.99. The van der Waals surface area contributed by atoms with Gasteiger partial charge >= 0.3 is 0 Å². The third kappa shape index (κ3) is 5.42. The van der Waals surface area contributed by atoms with Crippen LogP contribution in [0.3, 0.4) is 0 Å². The summed E-state index contributed by atoms with van der Waals surface area (Å²) in [7, 11) is 2.24. The Morgan fingerprint density at radius 3 is 2.20 bits per heavy atom. The highest BCUT2D eigenvalue weighted by atomic mass is 15.2. The van der Waals surface area contributed by atoms with E-state index in [1.54, 1.807) is 0 Å². The fourth-order valence-corrected chi connectivity index (χ4v) is 3.53. The molecule has 0 aromatic carbocycles. The first-order valence-electron chi connectivity index (χ1n) is 8.29. The van der Waals surface area contributed by atoms with E-state index < -0.39 is 5.54 Å². The van der Waals surface area contributed by atoms with Crippen LogP contribution in [0.5, 0.6) is 0 Å². The molecule has 2 unspecified atom stereocenters. The lowest BCUT2D eigenvalue weighted by Crippen LogP contribution is -2.50. The molecule has 0 heterocycles. The third-order valence-electron chi connectivity index (χ3n) is 4.65. The summed E-state index contributed by atoms with van der Waals surface area (Å²) in [6.07, 6.45) is 9.04. The van der Waals surface area contributed by atoms with Crippen LogP contribution in [-0.2, 0) is 0 Å². The zero-order chi connectivity index (χ0) is 15.2. The Balaban J connectivity index is 2.58. The molecule has 3 nitrogen and oxygen atoms in total. The molecule has 0 aliphatic heterocycles. The maximum absolute atomic E-state index is 9.49. The molecule has 116 valence electrons. The number of nitriles is 1. The van der Waals surface area contributed by atoms with Crippen molar-refractivity contribution in [3.63, 3.8) is 0 Å². The number of hydrogen-bond donors (Lipinski definition) is 1. The molecule has 1 rings (SSSR count). The molecule has 20 heavy (non-hydrogen) atoms. The molecule has 1 N–H and O–H groups in total. The minimum absolute atomic E-state index is 0.343. The first kappa shape index (κ1) is 17.5. The van der Waals surface area contributed by atoms with Gasteiger partial charge in [0, 0.05) is 18.1 Å². The number of rotatable bonds is 6. The van der Waals surface area contributed by atoms with E-state index >= 15 is 0 Å². The number of hydrogen-bond acceptors (Lipinski definition) is 3. The highest BCUT2D eigenvalue weighted by Crippen LogP contribution is 2.25. The zero-order valence-electron chi connectivity index (χ0n) is 14.1. The lowest BCUT2D eigenvalue weighted by atomic mass is 9.92. The third-order valence-corrected chi connectivity index (χ3v) is 4.65. The Morgan fingerprint density at radius 1 is 1.20 bits per heavy atom. The van der Waals surface area contributed by atoms with Crippen molar-refractivity contribution in [2.45, 2.75) is 96.3 Å². The summed E-state index contributed by atoms with van der Waals surface area (Å²) in [5, 5.41) is 12.9. The van der Waals surface area contributed by atoms with E-state index in [0.29, 0.717) is 18.1 Å². The van der Waals surface area contributed by atoms with Crippen LogP contribution in [0.25, 0.3) is 0 Å². The lowest BCUT2D eigenvalue weighted by Gasteiger charge is -2.37. The highest BCUT2D eigenvalue weighted by Gasteiger charge is 2.30. The summed E-state index contributed by atoms with van der Waals surface area (Å²) in [5.41, 5.74) is -0.424. The minimum atomic E-state index is -0.424. The van der Waals surface area contributed by atoms with Gasteiger partial charge in [0.05, 0.1) is 6.07 Å². The Morgan fingerprint density at radius 2 is 1.75 bits per heavy atom. The van der Waals surface area contributed by atoms with E-state index in [1.165, 1.54) is 38.5 Å². The lowest BCUT2D eigenvalue weighted by molar-refractivity contribution is 0.142. The maximum atomic E-state index is 9.49. The maximum Gasteiger partial charge on any atom is 0.105 e. The van der Waals surface area contributed by atoms with Gasteiger partial charge in [0.15, 0.2) is 0 Å². The van der Waals surface area contributed by atoms with Crippen LogP contribution < -0.4 is 5.32 Å². The molecular formula is C17H33N3. The molecule has 0 bridgehead atoms. The van der Waals surface area contributed by atoms with E-state index in [4.69, 9.17) is 0 Å². The fraction of sp³-hybridized carbons (Fsp3) is 0.941. The normalized spacial score (nSPS) is 22.3. The van der Waals surface area contributed by atoms with Crippen LogP contribution in [0.4, 0.5) is 0 Å². The average Bonchev–Trinajstić information content (AvgIpc) is 2.65. The molecular weight excluding hydrogens is 246 g/mol. The van der Waals surface area contributed by atoms with Crippen molar-refractivity contribution in [1.29, 1.82) is 5.26 Å². The van der Waals surface area contributed by atoms with Gasteiger partial charge in [0.2, 0.25) is 0 Å². The van der Waals surface area contributed by atoms with Gasteiger partial charge < -0.3 is 4.90 Å². The van der Waals surface area contributed by atoms with Crippen molar-refractivity contribution >= 4 is 0 Å². The van der Waals surface area contributed by atoms with Gasteiger partial charge in [-0.25, -0.2) is 0 Å². The van der Waals surface area contributed by atoms with E-state index in [0.717, 1.165) is 6.42 Å². The summed E-state index contributed by atoms with van der Waals surface area (Å²) in [6.45, 7) is 8.51. The molecule has 0 saturated heterocycles. The summed E-state index contributed by atoms with van der Waals surface area (Å²) >= 11 is 0. The summed E-state index contributed by atoms with van der Waals surface area (Å²) in [6, 6.07) is 3.96. The van der Waals surface area contributed by atoms with Crippen molar-refractivity contribution in [3.8, 4) is 6.07 Å². The first-order valence-corrected chi connectivity index (χ1v) is 8.29. The van der Waals surface area contributed by atoms with Gasteiger partial charge in [-0.1, -0.05) is 25.7 Å². The average molecular weight is 279 g/mol. The summed E-state index contributed by atoms with van der Waals surface area (Å²) < 4.78 is 0. The van der Waals surface area contributed by atoms with Gasteiger partial charge in [0.25, 0.3) is 0 Å². The number of nitrogens with zero attached hydrogens (tertiary/aromatic N) is 2. The molecule has 0 spiro atoms. The quantitative estimate of drug-likeness (QED) is 0.754. The van der Waals surface area contributed by atoms with E-state index in [9.17, 15) is 5.26 Å². The molecule has 0 aromatic rings. The van der Waals surface area contributed by atoms with Gasteiger partial charge in [-0.05, 0) is 54.0 Å². The predicted molar refractivity (Wildman–Crippen MR) is 85.6 cm³/mol. The van der Waals surface area contributed by atoms with Crippen LogP contribution in [0.1, 0.15) is 72.6 Å². The van der Waals surface area contributed by atoms with Gasteiger partial charge in [-0.15, -0.1) is 0 Å². The Bertz CT molecular complexity index is 313. The minimum Gasteiger partial charge on any atom is -0.301 e. The molecule has 0 radical (unpaired) electrons. The second-order valence-electron chi connectivity index (χ2n) is 7.11. The molecule has 2 atom stereocenters. The molecule has 0 amide bonds. The van der Waals surface area contributed by atoms with Crippen LogP contribution in [0, 0.1) is 11.3 Å². The standard InChI is InChI=1S/C17H33N3/c1-14(2)19-17(4,13-18)12-15(3)20(5)16-10-8-6-7-9-11-16/h14-16,19H,6-12H2,1-5H3. The van der Waals surface area contributed by atoms with Crippen LogP contribution in [-0.4, -0.2) is 35.6 Å². The highest BCUT2D eigenvalue weighted by molar-refractivity contribution is 5.06. The van der Waals surface area contributed by atoms with Gasteiger partial charge in [0.1, 0.15) is 5.54 Å². The van der Waals surface area contributed by atoms with Crippen molar-refractivity contribution in [3.05, 3.63) is 0 Å². The molecule has 1 saturated carbocycles. The molecule has 0 aromatic heterocycles. The molecule has 1 fully saturated rings. The van der Waals surface area contributed by atoms with Crippen molar-refractivity contribution in [2.24, 2.45) is 0 Å².